The standard InChI is InChI=1S/C8H5ClF5NO2/c9-1-3-5(7(10)11)6(16)4(2-15-3)17-8(12,13)14/h2,7H,1H2,(H,15,16). The number of alkyl halides is 6. The van der Waals surface area contributed by atoms with Crippen LogP contribution >= 0.6 is 11.6 Å². The molecule has 0 amide bonds. The Balaban J connectivity index is 3.29. The molecule has 1 rings (SSSR count). The van der Waals surface area contributed by atoms with E-state index in [4.69, 9.17) is 11.6 Å². The highest BCUT2D eigenvalue weighted by Gasteiger charge is 2.33. The fourth-order valence-corrected chi connectivity index (χ4v) is 1.33. The molecule has 0 aliphatic rings. The quantitative estimate of drug-likeness (QED) is 0.682. The molecule has 96 valence electrons. The summed E-state index contributed by atoms with van der Waals surface area (Å²) in [6.07, 6.45) is -7.84. The molecule has 0 fully saturated rings. The van der Waals surface area contributed by atoms with E-state index < -0.39 is 35.4 Å². The number of hydrogen-bond donors (Lipinski definition) is 1. The van der Waals surface area contributed by atoms with Gasteiger partial charge in [-0.2, -0.15) is 0 Å². The van der Waals surface area contributed by atoms with Gasteiger partial charge >= 0.3 is 6.36 Å². The normalized spacial score (nSPS) is 11.9. The van der Waals surface area contributed by atoms with Gasteiger partial charge in [-0.1, -0.05) is 0 Å². The van der Waals surface area contributed by atoms with Gasteiger partial charge in [0.25, 0.3) is 6.43 Å². The van der Waals surface area contributed by atoms with Crippen molar-refractivity contribution >= 4 is 11.6 Å². The minimum Gasteiger partial charge on any atom is -0.400 e. The van der Waals surface area contributed by atoms with E-state index in [1.165, 1.54) is 0 Å². The first-order chi connectivity index (χ1) is 7.76. The van der Waals surface area contributed by atoms with Gasteiger partial charge in [0, 0.05) is 11.9 Å². The topological polar surface area (TPSA) is 42.1 Å². The largest absolute Gasteiger partial charge is 0.573 e. The third kappa shape index (κ3) is 3.32. The number of ether oxygens (including phenoxy) is 1. The summed E-state index contributed by atoms with van der Waals surface area (Å²) < 4.78 is 63.8. The molecule has 17 heavy (non-hydrogen) atoms. The smallest absolute Gasteiger partial charge is 0.400 e. The van der Waals surface area contributed by atoms with Crippen LogP contribution in [-0.4, -0.2) is 11.3 Å². The van der Waals surface area contributed by atoms with Crippen LogP contribution in [0.3, 0.4) is 0 Å². The second kappa shape index (κ2) is 4.91. The highest BCUT2D eigenvalue weighted by molar-refractivity contribution is 6.17. The van der Waals surface area contributed by atoms with Crippen molar-refractivity contribution in [2.24, 2.45) is 0 Å². The molecule has 1 aromatic rings. The predicted molar refractivity (Wildman–Crippen MR) is 48.3 cm³/mol. The molecule has 0 radical (unpaired) electrons. The van der Waals surface area contributed by atoms with Crippen molar-refractivity contribution in [2.45, 2.75) is 18.7 Å². The van der Waals surface area contributed by atoms with Crippen molar-refractivity contribution in [2.75, 3.05) is 0 Å². The zero-order chi connectivity index (χ0) is 13.2. The second-order valence-corrected chi connectivity index (χ2v) is 3.12. The van der Waals surface area contributed by atoms with Crippen LogP contribution in [0.1, 0.15) is 17.7 Å². The van der Waals surface area contributed by atoms with Gasteiger partial charge in [0.15, 0.2) is 5.75 Å². The molecule has 1 N–H and O–H groups in total. The Kier molecular flexibility index (Phi) is 3.97. The summed E-state index contributed by atoms with van der Waals surface area (Å²) in [7, 11) is 0. The van der Waals surface area contributed by atoms with Gasteiger partial charge in [-0.3, -0.25) is 4.79 Å². The van der Waals surface area contributed by atoms with Crippen molar-refractivity contribution in [3.63, 3.8) is 0 Å². The Morgan fingerprint density at radius 1 is 1.41 bits per heavy atom. The zero-order valence-electron chi connectivity index (χ0n) is 7.95. The van der Waals surface area contributed by atoms with Crippen LogP contribution in [-0.2, 0) is 5.88 Å². The van der Waals surface area contributed by atoms with Crippen LogP contribution in [0.5, 0.6) is 5.75 Å². The van der Waals surface area contributed by atoms with Crippen LogP contribution in [0, 0.1) is 0 Å². The predicted octanol–water partition coefficient (Wildman–Crippen LogP) is 2.95. The number of nitrogens with one attached hydrogen (secondary N) is 1. The molecule has 0 aliphatic carbocycles. The van der Waals surface area contributed by atoms with Crippen molar-refractivity contribution in [3.05, 3.63) is 27.7 Å². The van der Waals surface area contributed by atoms with Gasteiger partial charge in [-0.05, 0) is 0 Å². The Labute approximate surface area is 96.2 Å². The van der Waals surface area contributed by atoms with Gasteiger partial charge in [0.2, 0.25) is 5.43 Å². The number of H-pyrrole nitrogens is 1. The van der Waals surface area contributed by atoms with Crippen molar-refractivity contribution in [1.82, 2.24) is 4.98 Å². The minimum atomic E-state index is -5.13. The molecule has 0 unspecified atom stereocenters. The summed E-state index contributed by atoms with van der Waals surface area (Å²) in [5.41, 5.74) is -3.00. The van der Waals surface area contributed by atoms with Crippen LogP contribution in [0.25, 0.3) is 0 Å². The number of hydrogen-bond acceptors (Lipinski definition) is 2. The van der Waals surface area contributed by atoms with Crippen LogP contribution < -0.4 is 10.2 Å². The number of aromatic amines is 1. The third-order valence-electron chi connectivity index (χ3n) is 1.75. The van der Waals surface area contributed by atoms with Crippen LogP contribution in [0.15, 0.2) is 11.0 Å². The lowest BCUT2D eigenvalue weighted by Crippen LogP contribution is -2.24. The molecule has 0 spiro atoms. The first kappa shape index (κ1) is 13.8. The first-order valence-electron chi connectivity index (χ1n) is 4.10. The molecule has 9 heteroatoms. The van der Waals surface area contributed by atoms with Crippen molar-refractivity contribution < 1.29 is 26.7 Å². The summed E-state index contributed by atoms with van der Waals surface area (Å²) >= 11 is 5.27. The van der Waals surface area contributed by atoms with E-state index in [0.717, 1.165) is 0 Å². The zero-order valence-corrected chi connectivity index (χ0v) is 8.70. The minimum absolute atomic E-state index is 0.346. The first-order valence-corrected chi connectivity index (χ1v) is 4.64. The number of aromatic nitrogens is 1. The SMILES string of the molecule is O=c1c(OC(F)(F)F)c[nH]c(CCl)c1C(F)F. The summed E-state index contributed by atoms with van der Waals surface area (Å²) in [6, 6.07) is 0. The van der Waals surface area contributed by atoms with E-state index >= 15 is 0 Å². The van der Waals surface area contributed by atoms with Gasteiger partial charge in [-0.25, -0.2) is 8.78 Å². The summed E-state index contributed by atoms with van der Waals surface area (Å²) in [4.78, 5) is 13.3. The summed E-state index contributed by atoms with van der Waals surface area (Å²) in [6.45, 7) is 0. The molecule has 0 saturated carbocycles. The highest BCUT2D eigenvalue weighted by Crippen LogP contribution is 2.24. The second-order valence-electron chi connectivity index (χ2n) is 2.86. The molecule has 0 bridgehead atoms. The molecule has 1 heterocycles. The average Bonchev–Trinajstić information content (AvgIpc) is 2.18. The molecular weight excluding hydrogens is 273 g/mol. The molecule has 0 aliphatic heterocycles. The maximum atomic E-state index is 12.5. The maximum Gasteiger partial charge on any atom is 0.573 e. The van der Waals surface area contributed by atoms with Crippen LogP contribution in [0.4, 0.5) is 22.0 Å². The average molecular weight is 278 g/mol. The van der Waals surface area contributed by atoms with E-state index in [2.05, 4.69) is 9.72 Å². The molecule has 0 aromatic carbocycles. The summed E-state index contributed by atoms with van der Waals surface area (Å²) in [5, 5.41) is 0. The third-order valence-corrected chi connectivity index (χ3v) is 2.02. The lowest BCUT2D eigenvalue weighted by molar-refractivity contribution is -0.275. The molecule has 0 atom stereocenters. The lowest BCUT2D eigenvalue weighted by Gasteiger charge is -2.11. The molecule has 3 nitrogen and oxygen atoms in total. The van der Waals surface area contributed by atoms with E-state index in [1.807, 2.05) is 0 Å². The van der Waals surface area contributed by atoms with Crippen molar-refractivity contribution in [3.8, 4) is 5.75 Å². The lowest BCUT2D eigenvalue weighted by atomic mass is 10.2. The fourth-order valence-electron chi connectivity index (χ4n) is 1.11. The van der Waals surface area contributed by atoms with E-state index in [0.29, 0.717) is 6.20 Å². The molecule has 0 saturated heterocycles. The number of rotatable bonds is 3. The maximum absolute atomic E-state index is 12.5. The summed E-state index contributed by atoms with van der Waals surface area (Å²) in [5.74, 6) is -1.71. The van der Waals surface area contributed by atoms with Gasteiger partial charge in [-0.15, -0.1) is 24.8 Å². The Morgan fingerprint density at radius 3 is 2.41 bits per heavy atom. The van der Waals surface area contributed by atoms with Crippen molar-refractivity contribution in [1.29, 1.82) is 0 Å². The monoisotopic (exact) mass is 277 g/mol. The van der Waals surface area contributed by atoms with Gasteiger partial charge < -0.3 is 9.72 Å². The van der Waals surface area contributed by atoms with Gasteiger partial charge in [0.1, 0.15) is 0 Å². The van der Waals surface area contributed by atoms with E-state index in [9.17, 15) is 26.7 Å². The Hall–Kier alpha value is -1.31. The van der Waals surface area contributed by atoms with E-state index in [-0.39, 0.29) is 5.69 Å². The number of halogens is 6. The highest BCUT2D eigenvalue weighted by atomic mass is 35.5. The molecular formula is C8H5ClF5NO2. The van der Waals surface area contributed by atoms with Crippen LogP contribution in [0.2, 0.25) is 0 Å². The Bertz CT molecular complexity index is 456. The van der Waals surface area contributed by atoms with Gasteiger partial charge in [0.05, 0.1) is 11.4 Å². The molecule has 1 aromatic heterocycles. The van der Waals surface area contributed by atoms with E-state index in [1.54, 1.807) is 0 Å². The fraction of sp³-hybridized carbons (Fsp3) is 0.375. The number of pyridine rings is 1. The Morgan fingerprint density at radius 2 is 2.00 bits per heavy atom.